The molecule has 5 nitrogen and oxygen atoms in total. The monoisotopic (exact) mass is 396 g/mol. The van der Waals surface area contributed by atoms with Crippen molar-refractivity contribution in [1.29, 1.82) is 0 Å². The highest BCUT2D eigenvalue weighted by Crippen LogP contribution is 2.24. The maximum Gasteiger partial charge on any atom is 0.232 e. The molecule has 2 aromatic carbocycles. The molecule has 0 heterocycles. The number of hydrogen-bond donors (Lipinski definition) is 1. The Morgan fingerprint density at radius 2 is 1.89 bits per heavy atom. The van der Waals surface area contributed by atoms with E-state index in [0.717, 1.165) is 40.2 Å². The van der Waals surface area contributed by atoms with Crippen molar-refractivity contribution in [3.8, 4) is 0 Å². The summed E-state index contributed by atoms with van der Waals surface area (Å²) in [7, 11) is -3.85. The number of sulfonamides is 1. The van der Waals surface area contributed by atoms with E-state index >= 15 is 0 Å². The summed E-state index contributed by atoms with van der Waals surface area (Å²) >= 11 is 0. The van der Waals surface area contributed by atoms with E-state index in [1.807, 2.05) is 32.0 Å². The summed E-state index contributed by atoms with van der Waals surface area (Å²) in [5.41, 5.74) is 2.26. The maximum atomic E-state index is 14.0. The molecule has 2 aromatic rings. The first-order valence-corrected chi connectivity index (χ1v) is 10.3. The van der Waals surface area contributed by atoms with Gasteiger partial charge in [0.15, 0.2) is 0 Å². The van der Waals surface area contributed by atoms with Crippen molar-refractivity contribution in [1.82, 2.24) is 0 Å². The van der Waals surface area contributed by atoms with Crippen LogP contribution in [0.1, 0.15) is 24.5 Å². The second-order valence-corrected chi connectivity index (χ2v) is 8.10. The Bertz CT molecular complexity index is 946. The van der Waals surface area contributed by atoms with Crippen molar-refractivity contribution in [2.45, 2.75) is 26.7 Å². The Balaban J connectivity index is 2.18. The Morgan fingerprint density at radius 3 is 2.48 bits per heavy atom. The molecule has 2 rings (SSSR count). The van der Waals surface area contributed by atoms with Gasteiger partial charge < -0.3 is 5.32 Å². The molecule has 0 aromatic heterocycles. The predicted octanol–water partition coefficient (Wildman–Crippen LogP) is 3.63. The van der Waals surface area contributed by atoms with E-state index in [1.165, 1.54) is 0 Å². The molecule has 1 N–H and O–H groups in total. The zero-order chi connectivity index (χ0) is 20.2. The van der Waals surface area contributed by atoms with Crippen LogP contribution in [0.2, 0.25) is 0 Å². The Hall–Kier alpha value is -2.48. The number of hydrogen-bond acceptors (Lipinski definition) is 3. The summed E-state index contributed by atoms with van der Waals surface area (Å²) in [6.45, 7) is 3.57. The largest absolute Gasteiger partial charge is 0.326 e. The Morgan fingerprint density at radius 1 is 1.19 bits per heavy atom. The van der Waals surface area contributed by atoms with Gasteiger partial charge in [-0.2, -0.15) is 0 Å². The molecular weight excluding hydrogens is 374 g/mol. The molecule has 1 amide bonds. The van der Waals surface area contributed by atoms with Gasteiger partial charge in [0.1, 0.15) is 11.6 Å². The van der Waals surface area contributed by atoms with Gasteiger partial charge in [0, 0.05) is 24.7 Å². The van der Waals surface area contributed by atoms with Crippen LogP contribution in [0, 0.1) is 18.6 Å². The number of halogens is 2. The number of anilines is 2. The fourth-order valence-electron chi connectivity index (χ4n) is 2.76. The van der Waals surface area contributed by atoms with Gasteiger partial charge in [-0.15, -0.1) is 0 Å². The molecule has 27 heavy (non-hydrogen) atoms. The van der Waals surface area contributed by atoms with E-state index in [-0.39, 0.29) is 18.7 Å². The van der Waals surface area contributed by atoms with Crippen molar-refractivity contribution in [3.05, 3.63) is 59.2 Å². The highest BCUT2D eigenvalue weighted by Gasteiger charge is 2.22. The molecule has 0 aliphatic rings. The van der Waals surface area contributed by atoms with E-state index < -0.39 is 27.6 Å². The first-order chi connectivity index (χ1) is 12.6. The quantitative estimate of drug-likeness (QED) is 0.777. The Kier molecular flexibility index (Phi) is 6.54. The van der Waals surface area contributed by atoms with Crippen LogP contribution in [0.25, 0.3) is 0 Å². The molecule has 0 saturated heterocycles. The van der Waals surface area contributed by atoms with E-state index in [4.69, 9.17) is 0 Å². The second-order valence-electron chi connectivity index (χ2n) is 6.19. The molecule has 8 heteroatoms. The first kappa shape index (κ1) is 20.8. The van der Waals surface area contributed by atoms with Crippen LogP contribution in [0.15, 0.2) is 36.4 Å². The predicted molar refractivity (Wildman–Crippen MR) is 102 cm³/mol. The molecule has 0 bridgehead atoms. The fourth-order valence-corrected chi connectivity index (χ4v) is 3.68. The molecule has 146 valence electrons. The van der Waals surface area contributed by atoms with Gasteiger partial charge in [-0.3, -0.25) is 9.10 Å². The third-order valence-electron chi connectivity index (χ3n) is 4.13. The Labute approximate surface area is 158 Å². The number of rotatable bonds is 7. The molecule has 0 radical (unpaired) electrons. The lowest BCUT2D eigenvalue weighted by molar-refractivity contribution is -0.116. The van der Waals surface area contributed by atoms with Crippen LogP contribution in [-0.2, 0) is 21.2 Å². The van der Waals surface area contributed by atoms with Gasteiger partial charge in [0.25, 0.3) is 0 Å². The zero-order valence-corrected chi connectivity index (χ0v) is 16.2. The summed E-state index contributed by atoms with van der Waals surface area (Å²) in [4.78, 5) is 12.3. The lowest BCUT2D eigenvalue weighted by Gasteiger charge is -2.23. The van der Waals surface area contributed by atoms with Crippen LogP contribution in [0.4, 0.5) is 20.2 Å². The summed E-state index contributed by atoms with van der Waals surface area (Å²) in [6.07, 6.45) is 1.46. The molecule has 0 fully saturated rings. The van der Waals surface area contributed by atoms with Gasteiger partial charge in [-0.1, -0.05) is 25.1 Å². The summed E-state index contributed by atoms with van der Waals surface area (Å²) in [5, 5.41) is 2.80. The van der Waals surface area contributed by atoms with E-state index in [1.54, 1.807) is 0 Å². The van der Waals surface area contributed by atoms with E-state index in [0.29, 0.717) is 11.8 Å². The van der Waals surface area contributed by atoms with Crippen molar-refractivity contribution in [2.75, 3.05) is 22.4 Å². The normalized spacial score (nSPS) is 11.3. The van der Waals surface area contributed by atoms with Crippen LogP contribution < -0.4 is 9.62 Å². The summed E-state index contributed by atoms with van der Waals surface area (Å²) in [5.74, 6) is -2.21. The van der Waals surface area contributed by atoms with Crippen LogP contribution in [0.5, 0.6) is 0 Å². The number of benzene rings is 2. The number of aryl methyl sites for hydroxylation is 2. The lowest BCUT2D eigenvalue weighted by Crippen LogP contribution is -2.33. The summed E-state index contributed by atoms with van der Waals surface area (Å²) in [6, 6.07) is 8.28. The number of nitrogens with one attached hydrogen (secondary N) is 1. The number of para-hydroxylation sites is 1. The first-order valence-electron chi connectivity index (χ1n) is 8.44. The highest BCUT2D eigenvalue weighted by atomic mass is 32.2. The van der Waals surface area contributed by atoms with Crippen molar-refractivity contribution in [3.63, 3.8) is 0 Å². The topological polar surface area (TPSA) is 66.5 Å². The number of carbonyl (C=O) groups excluding carboxylic acids is 1. The minimum absolute atomic E-state index is 0.179. The third kappa shape index (κ3) is 5.26. The van der Waals surface area contributed by atoms with Crippen LogP contribution in [-0.4, -0.2) is 27.1 Å². The highest BCUT2D eigenvalue weighted by molar-refractivity contribution is 7.92. The molecule has 0 unspecified atom stereocenters. The second kappa shape index (κ2) is 8.47. The zero-order valence-electron chi connectivity index (χ0n) is 15.4. The minimum atomic E-state index is -3.85. The van der Waals surface area contributed by atoms with Crippen molar-refractivity contribution in [2.24, 2.45) is 0 Å². The third-order valence-corrected chi connectivity index (χ3v) is 5.31. The number of nitrogens with zero attached hydrogens (tertiary/aromatic N) is 1. The molecular formula is C19H22F2N2O3S. The van der Waals surface area contributed by atoms with E-state index in [9.17, 15) is 22.0 Å². The molecule has 0 aliphatic carbocycles. The van der Waals surface area contributed by atoms with E-state index in [2.05, 4.69) is 5.32 Å². The van der Waals surface area contributed by atoms with Crippen LogP contribution >= 0.6 is 0 Å². The van der Waals surface area contributed by atoms with Gasteiger partial charge >= 0.3 is 0 Å². The van der Waals surface area contributed by atoms with Gasteiger partial charge in [-0.25, -0.2) is 17.2 Å². The molecule has 0 saturated carbocycles. The van der Waals surface area contributed by atoms with Crippen molar-refractivity contribution < 1.29 is 22.0 Å². The molecule has 0 atom stereocenters. The average Bonchev–Trinajstić information content (AvgIpc) is 2.57. The number of carbonyl (C=O) groups is 1. The van der Waals surface area contributed by atoms with Crippen molar-refractivity contribution >= 4 is 27.3 Å². The van der Waals surface area contributed by atoms with Gasteiger partial charge in [0.2, 0.25) is 15.9 Å². The number of amides is 1. The van der Waals surface area contributed by atoms with Gasteiger partial charge in [-0.05, 0) is 36.6 Å². The minimum Gasteiger partial charge on any atom is -0.326 e. The van der Waals surface area contributed by atoms with Gasteiger partial charge in [0.05, 0.1) is 11.9 Å². The smallest absolute Gasteiger partial charge is 0.232 e. The standard InChI is InChI=1S/C19H22F2N2O3S/c1-4-14-7-5-6-13(2)19(14)22-18(24)10-11-23(27(3,25)26)17-9-8-15(20)12-16(17)21/h5-9,12H,4,10-11H2,1-3H3,(H,22,24). The maximum absolute atomic E-state index is 14.0. The lowest BCUT2D eigenvalue weighted by atomic mass is 10.1. The van der Waals surface area contributed by atoms with Crippen LogP contribution in [0.3, 0.4) is 0 Å². The molecule has 0 aliphatic heterocycles. The average molecular weight is 396 g/mol. The fraction of sp³-hybridized carbons (Fsp3) is 0.316. The SMILES string of the molecule is CCc1cccc(C)c1NC(=O)CCN(c1ccc(F)cc1F)S(C)(=O)=O. The molecule has 0 spiro atoms. The summed E-state index contributed by atoms with van der Waals surface area (Å²) < 4.78 is 51.9.